The smallest absolute Gasteiger partial charge is 0.317 e. The molecule has 152 valence electrons. The molecule has 28 heavy (non-hydrogen) atoms. The van der Waals surface area contributed by atoms with Gasteiger partial charge in [-0.2, -0.15) is 5.10 Å². The zero-order valence-corrected chi connectivity index (χ0v) is 17.3. The van der Waals surface area contributed by atoms with Crippen LogP contribution in [0.5, 0.6) is 0 Å². The van der Waals surface area contributed by atoms with Crippen molar-refractivity contribution in [1.82, 2.24) is 19.6 Å². The Bertz CT molecular complexity index is 736. The van der Waals surface area contributed by atoms with E-state index < -0.39 is 0 Å². The molecule has 1 aliphatic rings. The summed E-state index contributed by atoms with van der Waals surface area (Å²) < 4.78 is 1.70. The lowest BCUT2D eigenvalue weighted by atomic mass is 10.00. The summed E-state index contributed by atoms with van der Waals surface area (Å²) in [6.07, 6.45) is 8.00. The lowest BCUT2D eigenvalue weighted by Gasteiger charge is -2.40. The number of benzene rings is 1. The lowest BCUT2D eigenvalue weighted by molar-refractivity contribution is 0.0989. The molecule has 0 bridgehead atoms. The molecule has 0 aliphatic carbocycles. The molecule has 0 spiro atoms. The van der Waals surface area contributed by atoms with Crippen LogP contribution in [-0.2, 0) is 13.6 Å². The second kappa shape index (κ2) is 9.73. The van der Waals surface area contributed by atoms with E-state index in [0.717, 1.165) is 37.2 Å². The van der Waals surface area contributed by atoms with E-state index in [0.29, 0.717) is 12.6 Å². The third-order valence-electron chi connectivity index (χ3n) is 5.68. The minimum atomic E-state index is -0.0445. The van der Waals surface area contributed by atoms with Crippen molar-refractivity contribution in [3.05, 3.63) is 48.3 Å². The summed E-state index contributed by atoms with van der Waals surface area (Å²) in [5, 5.41) is 7.17. The number of nitrogens with zero attached hydrogens (tertiary/aromatic N) is 4. The highest BCUT2D eigenvalue weighted by atomic mass is 16.2. The normalized spacial score (nSPS) is 16.7. The number of hydrogen-bond acceptors (Lipinski definition) is 3. The Kier molecular flexibility index (Phi) is 7.09. The zero-order valence-electron chi connectivity index (χ0n) is 17.3. The number of carbonyl (C=O) groups excluding carboxylic acids is 1. The van der Waals surface area contributed by atoms with E-state index in [-0.39, 0.29) is 12.1 Å². The third-order valence-corrected chi connectivity index (χ3v) is 5.68. The predicted octanol–water partition coefficient (Wildman–Crippen LogP) is 4.11. The van der Waals surface area contributed by atoms with Gasteiger partial charge in [-0.3, -0.25) is 4.68 Å². The van der Waals surface area contributed by atoms with Crippen molar-refractivity contribution in [2.45, 2.75) is 58.2 Å². The van der Waals surface area contributed by atoms with Crippen LogP contribution in [0.4, 0.5) is 10.5 Å². The van der Waals surface area contributed by atoms with Gasteiger partial charge in [0.1, 0.15) is 0 Å². The summed E-state index contributed by atoms with van der Waals surface area (Å²) in [6, 6.07) is 11.1. The Morgan fingerprint density at radius 2 is 2.00 bits per heavy atom. The van der Waals surface area contributed by atoms with E-state index in [2.05, 4.69) is 41.3 Å². The molecule has 1 N–H and O–H groups in total. The minimum absolute atomic E-state index is 0.0445. The first-order valence-electron chi connectivity index (χ1n) is 10.4. The molecule has 1 atom stereocenters. The maximum absolute atomic E-state index is 13.1. The molecule has 6 heteroatoms. The lowest BCUT2D eigenvalue weighted by Crippen LogP contribution is -2.50. The minimum Gasteiger partial charge on any atom is -0.317 e. The molecule has 2 heterocycles. The van der Waals surface area contributed by atoms with Crippen molar-refractivity contribution in [2.75, 3.05) is 18.4 Å². The molecule has 0 radical (unpaired) electrons. The number of anilines is 1. The number of hydrogen-bond donors (Lipinski definition) is 1. The van der Waals surface area contributed by atoms with E-state index in [1.54, 1.807) is 10.9 Å². The van der Waals surface area contributed by atoms with Gasteiger partial charge in [-0.1, -0.05) is 43.7 Å². The molecule has 6 nitrogen and oxygen atoms in total. The molecule has 1 aromatic carbocycles. The van der Waals surface area contributed by atoms with Gasteiger partial charge in [0, 0.05) is 45.0 Å². The SMILES string of the molecule is CCCC(C)N1CCC(N(Cc2ccccc2)C(=O)Nc2cnn(C)c2)CC1. The van der Waals surface area contributed by atoms with Gasteiger partial charge in [-0.25, -0.2) is 4.79 Å². The first-order valence-corrected chi connectivity index (χ1v) is 10.4. The molecule has 2 amide bonds. The number of nitrogens with one attached hydrogen (secondary N) is 1. The van der Waals surface area contributed by atoms with E-state index in [1.807, 2.05) is 36.3 Å². The largest absolute Gasteiger partial charge is 0.322 e. The summed E-state index contributed by atoms with van der Waals surface area (Å²) in [6.45, 7) is 7.30. The van der Waals surface area contributed by atoms with E-state index >= 15 is 0 Å². The van der Waals surface area contributed by atoms with Crippen LogP contribution in [0.15, 0.2) is 42.7 Å². The van der Waals surface area contributed by atoms with Crippen LogP contribution in [0.3, 0.4) is 0 Å². The average molecular weight is 384 g/mol. The van der Waals surface area contributed by atoms with Crippen molar-refractivity contribution in [3.8, 4) is 0 Å². The predicted molar refractivity (Wildman–Crippen MR) is 113 cm³/mol. The molecule has 1 saturated heterocycles. The highest BCUT2D eigenvalue weighted by molar-refractivity contribution is 5.89. The first-order chi connectivity index (χ1) is 13.6. The quantitative estimate of drug-likeness (QED) is 0.783. The van der Waals surface area contributed by atoms with Gasteiger partial charge in [0.25, 0.3) is 0 Å². The van der Waals surface area contributed by atoms with Gasteiger partial charge in [0.15, 0.2) is 0 Å². The molecule has 1 aromatic heterocycles. The maximum atomic E-state index is 13.1. The van der Waals surface area contributed by atoms with Gasteiger partial charge >= 0.3 is 6.03 Å². The second-order valence-electron chi connectivity index (χ2n) is 7.85. The van der Waals surface area contributed by atoms with Crippen LogP contribution in [0, 0.1) is 0 Å². The molecule has 2 aromatic rings. The van der Waals surface area contributed by atoms with Crippen molar-refractivity contribution in [1.29, 1.82) is 0 Å². The van der Waals surface area contributed by atoms with E-state index in [9.17, 15) is 4.79 Å². The number of rotatable bonds is 7. The number of likely N-dealkylation sites (tertiary alicyclic amines) is 1. The number of urea groups is 1. The van der Waals surface area contributed by atoms with E-state index in [1.165, 1.54) is 12.8 Å². The van der Waals surface area contributed by atoms with E-state index in [4.69, 9.17) is 0 Å². The van der Waals surface area contributed by atoms with Gasteiger partial charge in [0.05, 0.1) is 11.9 Å². The standard InChI is InChI=1S/C22H33N5O/c1-4-8-18(2)26-13-11-21(12-14-26)27(16-19-9-6-5-7-10-19)22(28)24-20-15-23-25(3)17-20/h5-7,9-10,15,17-18,21H,4,8,11-14,16H2,1-3H3,(H,24,28). The Hall–Kier alpha value is -2.34. The fraction of sp³-hybridized carbons (Fsp3) is 0.545. The number of aryl methyl sites for hydroxylation is 1. The highest BCUT2D eigenvalue weighted by Crippen LogP contribution is 2.23. The number of amides is 2. The van der Waals surface area contributed by atoms with Crippen molar-refractivity contribution in [2.24, 2.45) is 7.05 Å². The third kappa shape index (κ3) is 5.35. The molecular weight excluding hydrogens is 350 g/mol. The molecular formula is C22H33N5O. The van der Waals surface area contributed by atoms with Crippen molar-refractivity contribution >= 4 is 11.7 Å². The maximum Gasteiger partial charge on any atom is 0.322 e. The molecule has 3 rings (SSSR count). The summed E-state index contributed by atoms with van der Waals surface area (Å²) in [7, 11) is 1.85. The highest BCUT2D eigenvalue weighted by Gasteiger charge is 2.29. The van der Waals surface area contributed by atoms with Gasteiger partial charge < -0.3 is 15.1 Å². The Labute approximate surface area is 168 Å². The number of aromatic nitrogens is 2. The van der Waals surface area contributed by atoms with Gasteiger partial charge in [-0.05, 0) is 31.7 Å². The van der Waals surface area contributed by atoms with Gasteiger partial charge in [-0.15, -0.1) is 0 Å². The second-order valence-corrected chi connectivity index (χ2v) is 7.85. The van der Waals surface area contributed by atoms with Crippen molar-refractivity contribution in [3.63, 3.8) is 0 Å². The molecule has 0 saturated carbocycles. The van der Waals surface area contributed by atoms with Crippen molar-refractivity contribution < 1.29 is 4.79 Å². The number of carbonyl (C=O) groups is 1. The average Bonchev–Trinajstić information content (AvgIpc) is 3.12. The monoisotopic (exact) mass is 383 g/mol. The Balaban J connectivity index is 1.68. The topological polar surface area (TPSA) is 53.4 Å². The van der Waals surface area contributed by atoms with Crippen LogP contribution in [0.1, 0.15) is 45.1 Å². The molecule has 1 fully saturated rings. The number of piperidine rings is 1. The summed E-state index contributed by atoms with van der Waals surface area (Å²) >= 11 is 0. The van der Waals surface area contributed by atoms with Crippen LogP contribution >= 0.6 is 0 Å². The zero-order chi connectivity index (χ0) is 19.9. The fourth-order valence-corrected chi connectivity index (χ4v) is 4.07. The van der Waals surface area contributed by atoms with Gasteiger partial charge in [0.2, 0.25) is 0 Å². The first kappa shape index (κ1) is 20.4. The Morgan fingerprint density at radius 1 is 1.29 bits per heavy atom. The molecule has 1 unspecified atom stereocenters. The fourth-order valence-electron chi connectivity index (χ4n) is 4.07. The van der Waals surface area contributed by atoms with Crippen LogP contribution in [-0.4, -0.2) is 50.8 Å². The van der Waals surface area contributed by atoms with Crippen LogP contribution in [0.2, 0.25) is 0 Å². The van der Waals surface area contributed by atoms with Crippen LogP contribution < -0.4 is 5.32 Å². The Morgan fingerprint density at radius 3 is 2.61 bits per heavy atom. The summed E-state index contributed by atoms with van der Waals surface area (Å²) in [4.78, 5) is 17.7. The summed E-state index contributed by atoms with van der Waals surface area (Å²) in [5.41, 5.74) is 1.89. The molecule has 1 aliphatic heterocycles. The van der Waals surface area contributed by atoms with Crippen LogP contribution in [0.25, 0.3) is 0 Å². The summed E-state index contributed by atoms with van der Waals surface area (Å²) in [5.74, 6) is 0.